The molecule has 3 rings (SSSR count). The summed E-state index contributed by atoms with van der Waals surface area (Å²) in [5.41, 5.74) is 2.84. The van der Waals surface area contributed by atoms with Gasteiger partial charge in [-0.1, -0.05) is 19.1 Å². The second-order valence-electron chi connectivity index (χ2n) is 8.27. The number of ketones is 1. The van der Waals surface area contributed by atoms with Crippen molar-refractivity contribution >= 4 is 17.7 Å². The largest absolute Gasteiger partial charge is 0.497 e. The number of hydrogen-bond acceptors (Lipinski definition) is 7. The fourth-order valence-electron chi connectivity index (χ4n) is 4.38. The van der Waals surface area contributed by atoms with Crippen molar-refractivity contribution in [1.29, 1.82) is 0 Å². The Balaban J connectivity index is 2.20. The highest BCUT2D eigenvalue weighted by Crippen LogP contribution is 2.46. The Labute approximate surface area is 182 Å². The molecule has 0 unspecified atom stereocenters. The van der Waals surface area contributed by atoms with Gasteiger partial charge in [0.1, 0.15) is 11.7 Å². The molecule has 7 nitrogen and oxygen atoms in total. The molecule has 1 aliphatic carbocycles. The highest BCUT2D eigenvalue weighted by Gasteiger charge is 2.47. The summed E-state index contributed by atoms with van der Waals surface area (Å²) < 4.78 is 15.8. The van der Waals surface area contributed by atoms with Crippen LogP contribution in [-0.2, 0) is 23.9 Å². The van der Waals surface area contributed by atoms with Gasteiger partial charge >= 0.3 is 11.9 Å². The maximum atomic E-state index is 13.6. The summed E-state index contributed by atoms with van der Waals surface area (Å²) in [4.78, 5) is 39.1. The molecule has 3 atom stereocenters. The minimum atomic E-state index is -0.917. The van der Waals surface area contributed by atoms with E-state index in [9.17, 15) is 14.4 Å². The number of benzene rings is 1. The van der Waals surface area contributed by atoms with Crippen LogP contribution < -0.4 is 10.1 Å². The number of hydrogen-bond donors (Lipinski definition) is 1. The second kappa shape index (κ2) is 8.96. The first kappa shape index (κ1) is 22.6. The van der Waals surface area contributed by atoms with Crippen LogP contribution in [0, 0.1) is 11.8 Å². The molecule has 0 bridgehead atoms. The van der Waals surface area contributed by atoms with Gasteiger partial charge in [0.25, 0.3) is 0 Å². The smallest absolute Gasteiger partial charge is 0.337 e. The summed E-state index contributed by atoms with van der Waals surface area (Å²) in [6.45, 7) is 7.20. The van der Waals surface area contributed by atoms with Crippen molar-refractivity contribution in [2.45, 2.75) is 46.1 Å². The monoisotopic (exact) mass is 427 g/mol. The zero-order chi connectivity index (χ0) is 22.9. The molecule has 0 radical (unpaired) electrons. The normalized spacial score (nSPS) is 23.3. The van der Waals surface area contributed by atoms with Crippen LogP contribution in [0.5, 0.6) is 5.75 Å². The minimum absolute atomic E-state index is 0.228. The first-order valence-corrected chi connectivity index (χ1v) is 10.4. The fraction of sp³-hybridized carbons (Fsp3) is 0.458. The first-order valence-electron chi connectivity index (χ1n) is 10.4. The molecule has 0 amide bonds. The summed E-state index contributed by atoms with van der Waals surface area (Å²) in [5, 5.41) is 3.24. The Morgan fingerprint density at radius 1 is 1.19 bits per heavy atom. The maximum Gasteiger partial charge on any atom is 0.337 e. The lowest BCUT2D eigenvalue weighted by Crippen LogP contribution is -2.43. The van der Waals surface area contributed by atoms with Crippen molar-refractivity contribution in [2.75, 3.05) is 14.2 Å². The number of Topliss-reactive ketones (excluding diaryl/α,β-unsaturated/α-hetero) is 1. The van der Waals surface area contributed by atoms with Crippen molar-refractivity contribution in [3.05, 3.63) is 52.4 Å². The minimum Gasteiger partial charge on any atom is -0.497 e. The van der Waals surface area contributed by atoms with Crippen LogP contribution in [0.3, 0.4) is 0 Å². The van der Waals surface area contributed by atoms with Crippen LogP contribution in [0.25, 0.3) is 0 Å². The zero-order valence-electron chi connectivity index (χ0n) is 18.8. The van der Waals surface area contributed by atoms with Gasteiger partial charge in [0.2, 0.25) is 0 Å². The summed E-state index contributed by atoms with van der Waals surface area (Å²) >= 11 is 0. The Morgan fingerprint density at radius 3 is 2.52 bits per heavy atom. The third kappa shape index (κ3) is 4.22. The van der Waals surface area contributed by atoms with E-state index in [0.29, 0.717) is 29.0 Å². The molecule has 31 heavy (non-hydrogen) atoms. The number of ether oxygens (including phenoxy) is 3. The lowest BCUT2D eigenvalue weighted by Gasteiger charge is -2.38. The molecule has 0 saturated heterocycles. The summed E-state index contributed by atoms with van der Waals surface area (Å²) in [6.07, 6.45) is 0.171. The number of nitrogens with one attached hydrogen (secondary N) is 1. The van der Waals surface area contributed by atoms with E-state index in [-0.39, 0.29) is 17.8 Å². The first-order chi connectivity index (χ1) is 14.7. The van der Waals surface area contributed by atoms with Gasteiger partial charge < -0.3 is 19.5 Å². The lowest BCUT2D eigenvalue weighted by molar-refractivity contribution is -0.151. The van der Waals surface area contributed by atoms with E-state index in [1.165, 1.54) is 7.11 Å². The van der Waals surface area contributed by atoms with Crippen LogP contribution in [-0.4, -0.2) is 38.0 Å². The van der Waals surface area contributed by atoms with Gasteiger partial charge in [-0.25, -0.2) is 4.79 Å². The average Bonchev–Trinajstić information content (AvgIpc) is 2.71. The molecule has 1 N–H and O–H groups in total. The number of allylic oxidation sites excluding steroid dienone is 3. The van der Waals surface area contributed by atoms with E-state index in [1.54, 1.807) is 40.0 Å². The molecular weight excluding hydrogens is 398 g/mol. The van der Waals surface area contributed by atoms with E-state index < -0.39 is 23.8 Å². The lowest BCUT2D eigenvalue weighted by atomic mass is 9.69. The molecule has 1 aromatic carbocycles. The predicted molar refractivity (Wildman–Crippen MR) is 114 cm³/mol. The van der Waals surface area contributed by atoms with Gasteiger partial charge in [0.05, 0.1) is 25.9 Å². The van der Waals surface area contributed by atoms with Gasteiger partial charge in [-0.3, -0.25) is 9.59 Å². The Kier molecular flexibility index (Phi) is 6.53. The molecule has 1 aliphatic heterocycles. The number of carbonyl (C=O) groups is 3. The SMILES string of the molecule is COC(=O)[C@H]1C(=O)C2=C(C[C@H]1C)NC(C)=C(C(=O)OC(C)C)[C@@H]2c1cccc(OC)c1. The van der Waals surface area contributed by atoms with Crippen molar-refractivity contribution < 1.29 is 28.6 Å². The van der Waals surface area contributed by atoms with E-state index in [1.807, 2.05) is 19.1 Å². The number of carbonyl (C=O) groups excluding carboxylic acids is 3. The molecule has 166 valence electrons. The highest BCUT2D eigenvalue weighted by molar-refractivity contribution is 6.12. The Morgan fingerprint density at radius 2 is 1.90 bits per heavy atom. The molecule has 1 heterocycles. The van der Waals surface area contributed by atoms with E-state index in [0.717, 1.165) is 11.3 Å². The van der Waals surface area contributed by atoms with Crippen molar-refractivity contribution in [2.24, 2.45) is 11.8 Å². The molecule has 0 fully saturated rings. The average molecular weight is 427 g/mol. The number of dihydropyridines is 1. The van der Waals surface area contributed by atoms with Gasteiger partial charge in [-0.05, 0) is 50.8 Å². The zero-order valence-corrected chi connectivity index (χ0v) is 18.8. The van der Waals surface area contributed by atoms with Gasteiger partial charge in [-0.2, -0.15) is 0 Å². The van der Waals surface area contributed by atoms with Crippen LogP contribution in [0.1, 0.15) is 45.6 Å². The van der Waals surface area contributed by atoms with Crippen LogP contribution in [0.2, 0.25) is 0 Å². The van der Waals surface area contributed by atoms with Crippen molar-refractivity contribution in [1.82, 2.24) is 5.32 Å². The maximum absolute atomic E-state index is 13.6. The molecule has 1 aromatic rings. The van der Waals surface area contributed by atoms with Crippen LogP contribution in [0.15, 0.2) is 46.8 Å². The molecule has 0 spiro atoms. The van der Waals surface area contributed by atoms with E-state index >= 15 is 0 Å². The van der Waals surface area contributed by atoms with E-state index in [4.69, 9.17) is 14.2 Å². The molecule has 0 saturated carbocycles. The van der Waals surface area contributed by atoms with Crippen LogP contribution in [0.4, 0.5) is 0 Å². The Bertz CT molecular complexity index is 974. The quantitative estimate of drug-likeness (QED) is 0.570. The van der Waals surface area contributed by atoms with Crippen LogP contribution >= 0.6 is 0 Å². The van der Waals surface area contributed by atoms with Gasteiger partial charge in [-0.15, -0.1) is 0 Å². The summed E-state index contributed by atoms with van der Waals surface area (Å²) in [7, 11) is 2.84. The number of rotatable bonds is 5. The fourth-order valence-corrected chi connectivity index (χ4v) is 4.38. The van der Waals surface area contributed by atoms with Gasteiger partial charge in [0.15, 0.2) is 5.78 Å². The molecular formula is C24H29NO6. The third-order valence-corrected chi connectivity index (χ3v) is 5.73. The van der Waals surface area contributed by atoms with Crippen molar-refractivity contribution in [3.8, 4) is 5.75 Å². The second-order valence-corrected chi connectivity index (χ2v) is 8.27. The standard InChI is InChI=1S/C24H29NO6/c1-12(2)31-24(28)19-14(4)25-17-10-13(3)18(23(27)30-6)22(26)21(17)20(19)15-8-7-9-16(11-15)29-5/h7-9,11-13,18,20,25H,10H2,1-6H3/t13-,18-,20+/m1/s1. The Hall–Kier alpha value is -3.09. The summed E-state index contributed by atoms with van der Waals surface area (Å²) in [5.74, 6) is -2.61. The molecule has 0 aromatic heterocycles. The molecule has 7 heteroatoms. The topological polar surface area (TPSA) is 90.9 Å². The van der Waals surface area contributed by atoms with Gasteiger partial charge in [0, 0.05) is 22.9 Å². The van der Waals surface area contributed by atoms with E-state index in [2.05, 4.69) is 5.32 Å². The predicted octanol–water partition coefficient (Wildman–Crippen LogP) is 3.26. The summed E-state index contributed by atoms with van der Waals surface area (Å²) in [6, 6.07) is 7.25. The number of esters is 2. The molecule has 2 aliphatic rings. The number of methoxy groups -OCH3 is 2. The highest BCUT2D eigenvalue weighted by atomic mass is 16.5. The van der Waals surface area contributed by atoms with Crippen molar-refractivity contribution in [3.63, 3.8) is 0 Å². The third-order valence-electron chi connectivity index (χ3n) is 5.73.